The maximum Gasteiger partial charge on any atom is 0.348 e. The van der Waals surface area contributed by atoms with Gasteiger partial charge in [0.2, 0.25) is 9.84 Å². The number of hydrogen-bond donors (Lipinski definition) is 1. The summed E-state index contributed by atoms with van der Waals surface area (Å²) in [6.07, 6.45) is 1.76. The van der Waals surface area contributed by atoms with E-state index in [1.165, 1.54) is 24.4 Å². The van der Waals surface area contributed by atoms with E-state index in [-0.39, 0.29) is 17.1 Å². The van der Waals surface area contributed by atoms with Crippen LogP contribution in [0.5, 0.6) is 5.75 Å². The van der Waals surface area contributed by atoms with Gasteiger partial charge in [-0.1, -0.05) is 48.5 Å². The lowest BCUT2D eigenvalue weighted by atomic mass is 9.93. The van der Waals surface area contributed by atoms with Crippen LogP contribution >= 0.6 is 0 Å². The van der Waals surface area contributed by atoms with Crippen molar-refractivity contribution in [2.75, 3.05) is 6.54 Å². The van der Waals surface area contributed by atoms with Crippen molar-refractivity contribution in [1.29, 1.82) is 0 Å². The summed E-state index contributed by atoms with van der Waals surface area (Å²) in [5, 5.41) is 11.1. The monoisotopic (exact) mass is 410 g/mol. The number of rotatable bonds is 5. The fraction of sp³-hybridized carbons (Fsp3) is 0.143. The van der Waals surface area contributed by atoms with Crippen LogP contribution in [0.1, 0.15) is 11.1 Å². The molecule has 0 spiro atoms. The first-order valence-electron chi connectivity index (χ1n) is 8.96. The van der Waals surface area contributed by atoms with Gasteiger partial charge in [-0.05, 0) is 36.2 Å². The molecule has 1 atom stereocenters. The van der Waals surface area contributed by atoms with Gasteiger partial charge < -0.3 is 9.94 Å². The van der Waals surface area contributed by atoms with Crippen molar-refractivity contribution in [2.45, 2.75) is 16.3 Å². The van der Waals surface area contributed by atoms with E-state index in [1.807, 2.05) is 0 Å². The third-order valence-corrected chi connectivity index (χ3v) is 7.04. The van der Waals surface area contributed by atoms with Gasteiger partial charge in [-0.3, -0.25) is 0 Å². The van der Waals surface area contributed by atoms with Crippen LogP contribution in [-0.2, 0) is 25.9 Å². The number of carboxylic acids is 1. The van der Waals surface area contributed by atoms with Crippen LogP contribution in [0.4, 0.5) is 0 Å². The number of benzene rings is 2. The number of carboxylic acid groups (broad SMARTS) is 1. The third-order valence-electron chi connectivity index (χ3n) is 4.87. The molecular weight excluding hydrogens is 392 g/mol. The van der Waals surface area contributed by atoms with Gasteiger partial charge in [-0.2, -0.15) is 0 Å². The first kappa shape index (κ1) is 19.1. The second kappa shape index (κ2) is 7.31. The molecule has 148 valence electrons. The van der Waals surface area contributed by atoms with Crippen molar-refractivity contribution >= 4 is 15.8 Å². The molecule has 1 unspecified atom stereocenters. The molecule has 0 saturated heterocycles. The average Bonchev–Trinajstić information content (AvgIpc) is 2.74. The molecular formula is C21H18N2O5S. The minimum absolute atomic E-state index is 0.0737. The second-order valence-electron chi connectivity index (χ2n) is 6.53. The summed E-state index contributed by atoms with van der Waals surface area (Å²) in [6.45, 7) is 0.0737. The van der Waals surface area contributed by atoms with Crippen molar-refractivity contribution in [2.24, 2.45) is 0 Å². The Kier molecular flexibility index (Phi) is 4.81. The average molecular weight is 410 g/mol. The number of hydroxylamine groups is 2. The molecule has 0 saturated carbocycles. The summed E-state index contributed by atoms with van der Waals surface area (Å²) >= 11 is 0. The number of sulfone groups is 1. The van der Waals surface area contributed by atoms with Crippen LogP contribution in [0.3, 0.4) is 0 Å². The zero-order valence-electron chi connectivity index (χ0n) is 15.3. The predicted octanol–water partition coefficient (Wildman–Crippen LogP) is 2.65. The van der Waals surface area contributed by atoms with Crippen molar-refractivity contribution in [3.63, 3.8) is 0 Å². The number of carbonyl (C=O) groups is 1. The smallest absolute Gasteiger partial charge is 0.348 e. The number of aliphatic carboxylic acids is 1. The maximum atomic E-state index is 13.7. The zero-order chi connectivity index (χ0) is 20.5. The number of para-hydroxylation sites is 1. The van der Waals surface area contributed by atoms with Gasteiger partial charge in [0, 0.05) is 18.3 Å². The van der Waals surface area contributed by atoms with Crippen LogP contribution in [0.25, 0.3) is 0 Å². The Morgan fingerprint density at radius 1 is 1.00 bits per heavy atom. The number of aromatic nitrogens is 1. The Morgan fingerprint density at radius 2 is 1.69 bits per heavy atom. The molecule has 8 heteroatoms. The molecule has 29 heavy (non-hydrogen) atoms. The molecule has 1 aromatic heterocycles. The van der Waals surface area contributed by atoms with Gasteiger partial charge in [-0.15, -0.1) is 5.06 Å². The molecule has 4 rings (SSSR count). The van der Waals surface area contributed by atoms with Crippen molar-refractivity contribution in [1.82, 2.24) is 10.0 Å². The SMILES string of the molecule is O=C(O)C1(S(=O)(=O)c2ccccn2)c2ccccc2CCN1Oc1ccccc1. The van der Waals surface area contributed by atoms with Crippen molar-refractivity contribution < 1.29 is 23.2 Å². The molecule has 2 aromatic carbocycles. The first-order chi connectivity index (χ1) is 14.0. The standard InChI is InChI=1S/C21H18N2O5S/c24-20(25)21(29(26,27)19-12-6-7-14-22-19)18-11-5-4-8-16(18)13-15-23(21)28-17-9-2-1-3-10-17/h1-12,14H,13,15H2,(H,24,25). The molecule has 2 heterocycles. The summed E-state index contributed by atoms with van der Waals surface area (Å²) in [5.41, 5.74) is 0.794. The Balaban J connectivity index is 1.98. The predicted molar refractivity (Wildman–Crippen MR) is 105 cm³/mol. The first-order valence-corrected chi connectivity index (χ1v) is 10.4. The Bertz CT molecular complexity index is 1140. The van der Waals surface area contributed by atoms with Crippen molar-refractivity contribution in [3.05, 3.63) is 90.1 Å². The van der Waals surface area contributed by atoms with E-state index in [9.17, 15) is 18.3 Å². The number of fused-ring (bicyclic) bond motifs is 1. The summed E-state index contributed by atoms with van der Waals surface area (Å²) in [7, 11) is -4.52. The second-order valence-corrected chi connectivity index (χ2v) is 8.55. The van der Waals surface area contributed by atoms with Crippen LogP contribution in [0, 0.1) is 0 Å². The Hall–Kier alpha value is -3.23. The normalized spacial score (nSPS) is 19.3. The lowest BCUT2D eigenvalue weighted by Crippen LogP contribution is -2.61. The highest BCUT2D eigenvalue weighted by Gasteiger charge is 2.62. The quantitative estimate of drug-likeness (QED) is 0.691. The van der Waals surface area contributed by atoms with Gasteiger partial charge in [0.15, 0.2) is 5.03 Å². The van der Waals surface area contributed by atoms with E-state index in [0.29, 0.717) is 17.7 Å². The molecule has 0 bridgehead atoms. The van der Waals surface area contributed by atoms with Gasteiger partial charge in [0.05, 0.1) is 0 Å². The van der Waals surface area contributed by atoms with Crippen LogP contribution < -0.4 is 4.84 Å². The molecule has 0 fully saturated rings. The molecule has 3 aromatic rings. The summed E-state index contributed by atoms with van der Waals surface area (Å²) < 4.78 is 27.5. The molecule has 0 amide bonds. The largest absolute Gasteiger partial charge is 0.479 e. The van der Waals surface area contributed by atoms with E-state index in [2.05, 4.69) is 4.98 Å². The maximum absolute atomic E-state index is 13.7. The fourth-order valence-corrected chi connectivity index (χ4v) is 5.45. The van der Waals surface area contributed by atoms with Gasteiger partial charge in [-0.25, -0.2) is 18.2 Å². The van der Waals surface area contributed by atoms with E-state index < -0.39 is 20.7 Å². The van der Waals surface area contributed by atoms with E-state index in [0.717, 1.165) is 5.06 Å². The minimum Gasteiger partial charge on any atom is -0.479 e. The van der Waals surface area contributed by atoms with Crippen LogP contribution in [-0.4, -0.2) is 36.1 Å². The summed E-state index contributed by atoms with van der Waals surface area (Å²) in [6, 6.07) is 19.5. The topological polar surface area (TPSA) is 96.8 Å². The van der Waals surface area contributed by atoms with Gasteiger partial charge in [0.1, 0.15) is 5.75 Å². The molecule has 1 aliphatic rings. The fourth-order valence-electron chi connectivity index (χ4n) is 3.57. The summed E-state index contributed by atoms with van der Waals surface area (Å²) in [4.78, 5) is 20.0. The highest BCUT2D eigenvalue weighted by atomic mass is 32.2. The Morgan fingerprint density at radius 3 is 2.38 bits per heavy atom. The molecule has 0 radical (unpaired) electrons. The van der Waals surface area contributed by atoms with Gasteiger partial charge >= 0.3 is 5.97 Å². The van der Waals surface area contributed by atoms with Crippen molar-refractivity contribution in [3.8, 4) is 5.75 Å². The van der Waals surface area contributed by atoms with E-state index in [1.54, 1.807) is 54.6 Å². The van der Waals surface area contributed by atoms with Crippen LogP contribution in [0.15, 0.2) is 84.0 Å². The highest BCUT2D eigenvalue weighted by molar-refractivity contribution is 7.93. The minimum atomic E-state index is -4.52. The number of pyridine rings is 1. The van der Waals surface area contributed by atoms with E-state index >= 15 is 0 Å². The lowest BCUT2D eigenvalue weighted by Gasteiger charge is -2.42. The number of hydrogen-bond acceptors (Lipinski definition) is 6. The molecule has 7 nitrogen and oxygen atoms in total. The van der Waals surface area contributed by atoms with E-state index in [4.69, 9.17) is 4.84 Å². The number of nitrogens with zero attached hydrogens (tertiary/aromatic N) is 2. The van der Waals surface area contributed by atoms with Crippen LogP contribution in [0.2, 0.25) is 0 Å². The summed E-state index contributed by atoms with van der Waals surface area (Å²) in [5.74, 6) is -1.21. The molecule has 1 aliphatic heterocycles. The third kappa shape index (κ3) is 2.97. The highest BCUT2D eigenvalue weighted by Crippen LogP contribution is 2.43. The molecule has 1 N–H and O–H groups in total. The molecule has 0 aliphatic carbocycles. The zero-order valence-corrected chi connectivity index (χ0v) is 16.1. The Labute approximate surface area is 168 Å². The lowest BCUT2D eigenvalue weighted by molar-refractivity contribution is -0.172. The van der Waals surface area contributed by atoms with Gasteiger partial charge in [0.25, 0.3) is 4.87 Å².